The van der Waals surface area contributed by atoms with Gasteiger partial charge in [-0.2, -0.15) is 0 Å². The van der Waals surface area contributed by atoms with Gasteiger partial charge in [-0.3, -0.25) is 13.9 Å². The number of anilines is 1. The van der Waals surface area contributed by atoms with Crippen LogP contribution in [0.15, 0.2) is 77.7 Å². The Hall–Kier alpha value is -3.36. The van der Waals surface area contributed by atoms with Crippen molar-refractivity contribution in [2.75, 3.05) is 10.8 Å². The fraction of sp³-hybridized carbons (Fsp3) is 0.333. The molecule has 1 N–H and O–H groups in total. The third-order valence-electron chi connectivity index (χ3n) is 6.30. The number of hydrogen-bond donors (Lipinski definition) is 1. The normalized spacial score (nSPS) is 12.5. The molecular formula is C30H36ClN3O4S. The Kier molecular flexibility index (Phi) is 9.46. The van der Waals surface area contributed by atoms with Crippen LogP contribution in [0.3, 0.4) is 0 Å². The molecule has 208 valence electrons. The number of hydrogen-bond acceptors (Lipinski definition) is 4. The highest BCUT2D eigenvalue weighted by atomic mass is 35.5. The second kappa shape index (κ2) is 12.2. The molecule has 0 radical (unpaired) electrons. The number of nitrogens with zero attached hydrogens (tertiary/aromatic N) is 2. The van der Waals surface area contributed by atoms with Gasteiger partial charge < -0.3 is 10.2 Å². The highest BCUT2D eigenvalue weighted by Crippen LogP contribution is 2.26. The van der Waals surface area contributed by atoms with Crippen LogP contribution in [0.2, 0.25) is 5.02 Å². The van der Waals surface area contributed by atoms with Gasteiger partial charge in [-0.15, -0.1) is 0 Å². The first kappa shape index (κ1) is 30.2. The van der Waals surface area contributed by atoms with Crippen LogP contribution in [0.25, 0.3) is 0 Å². The maximum absolute atomic E-state index is 14.0. The molecule has 0 aromatic heterocycles. The number of carbonyl (C=O) groups excluding carboxylic acids is 2. The summed E-state index contributed by atoms with van der Waals surface area (Å²) in [7, 11) is -4.10. The van der Waals surface area contributed by atoms with Crippen molar-refractivity contribution in [2.24, 2.45) is 0 Å². The summed E-state index contributed by atoms with van der Waals surface area (Å²) in [5.41, 5.74) is 2.46. The largest absolute Gasteiger partial charge is 0.350 e. The maximum Gasteiger partial charge on any atom is 0.264 e. The van der Waals surface area contributed by atoms with E-state index in [2.05, 4.69) is 5.32 Å². The van der Waals surface area contributed by atoms with Crippen molar-refractivity contribution in [3.05, 3.63) is 94.5 Å². The van der Waals surface area contributed by atoms with E-state index < -0.39 is 34.1 Å². The van der Waals surface area contributed by atoms with Crippen molar-refractivity contribution in [3.8, 4) is 0 Å². The van der Waals surface area contributed by atoms with Crippen LogP contribution in [0.5, 0.6) is 0 Å². The molecule has 0 spiro atoms. The molecule has 3 rings (SSSR count). The predicted molar refractivity (Wildman–Crippen MR) is 156 cm³/mol. The van der Waals surface area contributed by atoms with Crippen LogP contribution in [0, 0.1) is 13.8 Å². The Balaban J connectivity index is 2.05. The molecule has 0 aliphatic carbocycles. The summed E-state index contributed by atoms with van der Waals surface area (Å²) >= 11 is 6.19. The third-order valence-corrected chi connectivity index (χ3v) is 8.32. The van der Waals surface area contributed by atoms with Crippen LogP contribution in [0.4, 0.5) is 5.69 Å². The van der Waals surface area contributed by atoms with Gasteiger partial charge in [0, 0.05) is 17.1 Å². The molecule has 1 atom stereocenters. The van der Waals surface area contributed by atoms with E-state index in [1.165, 1.54) is 17.0 Å². The molecule has 0 bridgehead atoms. The molecule has 0 unspecified atom stereocenters. The molecule has 0 aliphatic heterocycles. The summed E-state index contributed by atoms with van der Waals surface area (Å²) < 4.78 is 28.8. The first-order valence-corrected chi connectivity index (χ1v) is 14.5. The van der Waals surface area contributed by atoms with E-state index in [4.69, 9.17) is 11.6 Å². The molecule has 0 aliphatic rings. The number of aryl methyl sites for hydroxylation is 2. The van der Waals surface area contributed by atoms with E-state index in [0.717, 1.165) is 21.0 Å². The number of benzene rings is 3. The summed E-state index contributed by atoms with van der Waals surface area (Å²) in [6.45, 7) is 10.6. The first-order chi connectivity index (χ1) is 18.2. The summed E-state index contributed by atoms with van der Waals surface area (Å²) in [5, 5.41) is 3.41. The second-order valence-electron chi connectivity index (χ2n) is 10.7. The van der Waals surface area contributed by atoms with Gasteiger partial charge in [0.05, 0.1) is 10.6 Å². The van der Waals surface area contributed by atoms with Crippen molar-refractivity contribution in [1.82, 2.24) is 10.2 Å². The van der Waals surface area contributed by atoms with Crippen LogP contribution < -0.4 is 9.62 Å². The summed E-state index contributed by atoms with van der Waals surface area (Å²) in [6.07, 6.45) is 0. The molecule has 0 saturated heterocycles. The van der Waals surface area contributed by atoms with Crippen molar-refractivity contribution in [2.45, 2.75) is 64.6 Å². The first-order valence-electron chi connectivity index (χ1n) is 12.7. The van der Waals surface area contributed by atoms with Gasteiger partial charge in [-0.1, -0.05) is 48.0 Å². The van der Waals surface area contributed by atoms with E-state index >= 15 is 0 Å². The predicted octanol–water partition coefficient (Wildman–Crippen LogP) is 5.48. The zero-order chi connectivity index (χ0) is 29.0. The van der Waals surface area contributed by atoms with E-state index in [1.807, 2.05) is 46.8 Å². The fourth-order valence-electron chi connectivity index (χ4n) is 4.02. The van der Waals surface area contributed by atoms with E-state index in [-0.39, 0.29) is 17.3 Å². The molecule has 3 aromatic carbocycles. The SMILES string of the molecule is Cc1ccc(N(CC(=O)N(Cc2cccc(Cl)c2)[C@H](C)C(=O)NC(C)(C)C)S(=O)(=O)c2ccccc2)cc1C. The van der Waals surface area contributed by atoms with Crippen molar-refractivity contribution >= 4 is 39.1 Å². The Morgan fingerprint density at radius 3 is 2.18 bits per heavy atom. The smallest absolute Gasteiger partial charge is 0.264 e. The standard InChI is InChI=1S/C30H36ClN3O4S/c1-21-15-16-26(17-22(21)2)34(39(37,38)27-13-8-7-9-14-27)20-28(35)33(19-24-11-10-12-25(31)18-24)23(3)29(36)32-30(4,5)6/h7-18,23H,19-20H2,1-6H3,(H,32,36)/t23-/m1/s1. The highest BCUT2D eigenvalue weighted by molar-refractivity contribution is 7.92. The van der Waals surface area contributed by atoms with Gasteiger partial charge in [0.25, 0.3) is 10.0 Å². The molecule has 2 amide bonds. The number of carbonyl (C=O) groups is 2. The van der Waals surface area contributed by atoms with Gasteiger partial charge in [0.2, 0.25) is 11.8 Å². The lowest BCUT2D eigenvalue weighted by molar-refractivity contribution is -0.140. The Bertz CT molecular complexity index is 1440. The highest BCUT2D eigenvalue weighted by Gasteiger charge is 2.33. The van der Waals surface area contributed by atoms with Gasteiger partial charge in [0.1, 0.15) is 12.6 Å². The minimum atomic E-state index is -4.10. The van der Waals surface area contributed by atoms with Gasteiger partial charge in [-0.05, 0) is 94.6 Å². The Labute approximate surface area is 236 Å². The molecule has 0 heterocycles. The van der Waals surface area contributed by atoms with Crippen LogP contribution >= 0.6 is 11.6 Å². The third kappa shape index (κ3) is 7.83. The van der Waals surface area contributed by atoms with Gasteiger partial charge >= 0.3 is 0 Å². The van der Waals surface area contributed by atoms with Crippen LogP contribution in [0.1, 0.15) is 44.4 Å². The fourth-order valence-corrected chi connectivity index (χ4v) is 5.66. The minimum Gasteiger partial charge on any atom is -0.350 e. The molecule has 3 aromatic rings. The Morgan fingerprint density at radius 1 is 0.923 bits per heavy atom. The molecule has 0 saturated carbocycles. The van der Waals surface area contributed by atoms with Crippen molar-refractivity contribution in [3.63, 3.8) is 0 Å². The number of halogens is 1. The van der Waals surface area contributed by atoms with Crippen LogP contribution in [-0.2, 0) is 26.2 Å². The number of sulfonamides is 1. The number of rotatable bonds is 9. The zero-order valence-corrected chi connectivity index (χ0v) is 24.8. The van der Waals surface area contributed by atoms with E-state index in [0.29, 0.717) is 10.7 Å². The van der Waals surface area contributed by atoms with E-state index in [1.54, 1.807) is 55.5 Å². The number of amides is 2. The monoisotopic (exact) mass is 569 g/mol. The lowest BCUT2D eigenvalue weighted by Crippen LogP contribution is -2.54. The summed E-state index contributed by atoms with van der Waals surface area (Å²) in [6, 6.07) is 19.4. The van der Waals surface area contributed by atoms with Crippen molar-refractivity contribution in [1.29, 1.82) is 0 Å². The topological polar surface area (TPSA) is 86.8 Å². The van der Waals surface area contributed by atoms with Crippen molar-refractivity contribution < 1.29 is 18.0 Å². The maximum atomic E-state index is 14.0. The Morgan fingerprint density at radius 2 is 1.59 bits per heavy atom. The second-order valence-corrected chi connectivity index (χ2v) is 13.0. The average Bonchev–Trinajstić information content (AvgIpc) is 2.86. The lowest BCUT2D eigenvalue weighted by Gasteiger charge is -2.33. The molecule has 7 nitrogen and oxygen atoms in total. The molecule has 39 heavy (non-hydrogen) atoms. The lowest BCUT2D eigenvalue weighted by atomic mass is 10.1. The zero-order valence-electron chi connectivity index (χ0n) is 23.2. The number of nitrogens with one attached hydrogen (secondary N) is 1. The molecule has 0 fully saturated rings. The average molecular weight is 570 g/mol. The minimum absolute atomic E-state index is 0.0657. The molecular weight excluding hydrogens is 534 g/mol. The van der Waals surface area contributed by atoms with Gasteiger partial charge in [0.15, 0.2) is 0 Å². The molecule has 9 heteroatoms. The van der Waals surface area contributed by atoms with Gasteiger partial charge in [-0.25, -0.2) is 8.42 Å². The summed E-state index contributed by atoms with van der Waals surface area (Å²) in [4.78, 5) is 28.6. The summed E-state index contributed by atoms with van der Waals surface area (Å²) in [5.74, 6) is -0.870. The quantitative estimate of drug-likeness (QED) is 0.369. The van der Waals surface area contributed by atoms with Crippen LogP contribution in [-0.4, -0.2) is 43.3 Å². The van der Waals surface area contributed by atoms with E-state index in [9.17, 15) is 18.0 Å².